The van der Waals surface area contributed by atoms with Crippen LogP contribution in [0, 0.1) is 23.2 Å². The zero-order chi connectivity index (χ0) is 30.7. The summed E-state index contributed by atoms with van der Waals surface area (Å²) >= 11 is 6.12. The van der Waals surface area contributed by atoms with E-state index in [1.54, 1.807) is 31.4 Å². The largest absolute Gasteiger partial charge is 0.446 e. The fraction of sp³-hybridized carbons (Fsp3) is 0.548. The van der Waals surface area contributed by atoms with E-state index in [0.717, 1.165) is 11.4 Å². The number of nitrogens with zero attached hydrogens (tertiary/aromatic N) is 5. The highest BCUT2D eigenvalue weighted by molar-refractivity contribution is 6.30. The van der Waals surface area contributed by atoms with E-state index in [2.05, 4.69) is 16.0 Å². The van der Waals surface area contributed by atoms with E-state index in [4.69, 9.17) is 21.6 Å². The minimum absolute atomic E-state index is 0.0427. The topological polar surface area (TPSA) is 89.8 Å². The van der Waals surface area contributed by atoms with Crippen molar-refractivity contribution >= 4 is 29.4 Å². The zero-order valence-corrected chi connectivity index (χ0v) is 24.7. The normalized spacial score (nSPS) is 24.8. The number of ether oxygens (including phenoxy) is 1. The highest BCUT2D eigenvalue weighted by Crippen LogP contribution is 2.39. The summed E-state index contributed by atoms with van der Waals surface area (Å²) in [5.74, 6) is -0.874. The molecule has 1 aromatic heterocycles. The highest BCUT2D eigenvalue weighted by atomic mass is 35.5. The molecular formula is C31H35ClF3N5O3. The smallest absolute Gasteiger partial charge is 0.410 e. The molecule has 230 valence electrons. The predicted molar refractivity (Wildman–Crippen MR) is 154 cm³/mol. The van der Waals surface area contributed by atoms with Crippen molar-refractivity contribution in [2.75, 3.05) is 38.1 Å². The summed E-state index contributed by atoms with van der Waals surface area (Å²) in [5.41, 5.74) is 1.44. The van der Waals surface area contributed by atoms with Gasteiger partial charge in [0.15, 0.2) is 0 Å². The number of aromatic nitrogens is 1. The van der Waals surface area contributed by atoms with Crippen LogP contribution in [0.4, 0.5) is 23.8 Å². The number of halogens is 4. The first-order valence-corrected chi connectivity index (χ1v) is 15.1. The Kier molecular flexibility index (Phi) is 9.35. The van der Waals surface area contributed by atoms with E-state index < -0.39 is 24.3 Å². The number of hydrogen-bond acceptors (Lipinski definition) is 6. The Morgan fingerprint density at radius 1 is 1.02 bits per heavy atom. The molecule has 3 fully saturated rings. The Morgan fingerprint density at radius 2 is 1.70 bits per heavy atom. The van der Waals surface area contributed by atoms with Crippen LogP contribution in [0.25, 0.3) is 0 Å². The second-order valence-corrected chi connectivity index (χ2v) is 12.2. The van der Waals surface area contributed by atoms with Gasteiger partial charge in [0.2, 0.25) is 5.91 Å². The summed E-state index contributed by atoms with van der Waals surface area (Å²) in [6.07, 6.45) is -2.26. The molecule has 2 amide bonds. The molecule has 0 bridgehead atoms. The summed E-state index contributed by atoms with van der Waals surface area (Å²) < 4.78 is 44.9. The van der Waals surface area contributed by atoms with Gasteiger partial charge in [0.1, 0.15) is 18.0 Å². The minimum Gasteiger partial charge on any atom is -0.446 e. The molecule has 0 N–H and O–H groups in total. The van der Waals surface area contributed by atoms with Crippen LogP contribution < -0.4 is 4.90 Å². The van der Waals surface area contributed by atoms with E-state index in [1.807, 2.05) is 23.1 Å². The number of piperidine rings is 1. The first kappa shape index (κ1) is 30.9. The molecule has 12 heteroatoms. The molecule has 1 saturated carbocycles. The molecule has 8 nitrogen and oxygen atoms in total. The number of pyridine rings is 1. The van der Waals surface area contributed by atoms with Gasteiger partial charge in [-0.05, 0) is 68.4 Å². The maximum Gasteiger partial charge on any atom is 0.410 e. The number of likely N-dealkylation sites (tertiary alicyclic amines) is 1. The number of alkyl halides is 3. The van der Waals surface area contributed by atoms with Crippen molar-refractivity contribution < 1.29 is 27.5 Å². The Morgan fingerprint density at radius 3 is 2.28 bits per heavy atom. The van der Waals surface area contributed by atoms with E-state index >= 15 is 0 Å². The average Bonchev–Trinajstić information content (AvgIpc) is 3.46. The molecule has 2 aliphatic heterocycles. The molecular weight excluding hydrogens is 583 g/mol. The third-order valence-electron chi connectivity index (χ3n) is 9.13. The monoisotopic (exact) mass is 617 g/mol. The fourth-order valence-corrected chi connectivity index (χ4v) is 6.64. The van der Waals surface area contributed by atoms with Gasteiger partial charge in [0.25, 0.3) is 0 Å². The van der Waals surface area contributed by atoms with Gasteiger partial charge >= 0.3 is 12.3 Å². The lowest BCUT2D eigenvalue weighted by Crippen LogP contribution is -2.45. The zero-order valence-electron chi connectivity index (χ0n) is 24.0. The number of hydrogen-bond donors (Lipinski definition) is 0. The lowest BCUT2D eigenvalue weighted by atomic mass is 9.87. The summed E-state index contributed by atoms with van der Waals surface area (Å²) in [4.78, 5) is 36.8. The molecule has 3 heterocycles. The van der Waals surface area contributed by atoms with Crippen LogP contribution in [0.15, 0.2) is 42.6 Å². The molecule has 2 aromatic rings. The van der Waals surface area contributed by atoms with Gasteiger partial charge in [0.05, 0.1) is 17.5 Å². The first-order chi connectivity index (χ1) is 20.5. The maximum atomic E-state index is 13.7. The number of carbonyl (C=O) groups excluding carboxylic acids is 2. The van der Waals surface area contributed by atoms with Gasteiger partial charge in [-0.3, -0.25) is 4.79 Å². The number of rotatable bonds is 5. The van der Waals surface area contributed by atoms with Gasteiger partial charge in [-0.1, -0.05) is 23.7 Å². The van der Waals surface area contributed by atoms with Crippen molar-refractivity contribution in [3.05, 3.63) is 58.7 Å². The van der Waals surface area contributed by atoms with Crippen LogP contribution in [-0.4, -0.2) is 78.3 Å². The lowest BCUT2D eigenvalue weighted by molar-refractivity contribution is -0.186. The van der Waals surface area contributed by atoms with E-state index in [-0.39, 0.29) is 49.5 Å². The number of nitriles is 1. The Labute approximate surface area is 254 Å². The van der Waals surface area contributed by atoms with E-state index in [9.17, 15) is 22.8 Å². The van der Waals surface area contributed by atoms with Crippen LogP contribution in [0.3, 0.4) is 0 Å². The quantitative estimate of drug-likeness (QED) is 0.408. The maximum absolute atomic E-state index is 13.7. The molecule has 0 radical (unpaired) electrons. The molecule has 1 aromatic carbocycles. The second-order valence-electron chi connectivity index (χ2n) is 11.8. The Balaban J connectivity index is 1.23. The van der Waals surface area contributed by atoms with Crippen LogP contribution in [0.5, 0.6) is 0 Å². The fourth-order valence-electron chi connectivity index (χ4n) is 6.52. The summed E-state index contributed by atoms with van der Waals surface area (Å²) in [6.45, 7) is 2.08. The molecule has 1 aliphatic carbocycles. The van der Waals surface area contributed by atoms with Crippen molar-refractivity contribution in [1.29, 1.82) is 5.26 Å². The summed E-state index contributed by atoms with van der Waals surface area (Å²) in [5, 5.41) is 9.60. The van der Waals surface area contributed by atoms with Crippen molar-refractivity contribution in [2.45, 2.75) is 62.8 Å². The molecule has 5 rings (SSSR count). The standard InChI is InChI=1S/C31H35ClF3N5O3/c1-38(30(42)43-25-9-5-23(6-10-25)31(33,34)35)27-19-40(18-26(27)21-3-7-24(32)8-4-21)29(41)22-12-14-39(15-13-22)28-11-2-20(16-36)17-37-28/h2-4,7-8,11,17,22-23,25-27H,5-6,9-10,12-15,18-19H2,1H3/t23-,25-,26-,27+/m1/s1. The second kappa shape index (κ2) is 13.0. The number of anilines is 1. The van der Waals surface area contributed by atoms with Crippen LogP contribution in [-0.2, 0) is 9.53 Å². The molecule has 43 heavy (non-hydrogen) atoms. The average molecular weight is 618 g/mol. The van der Waals surface area contributed by atoms with Crippen molar-refractivity contribution in [3.63, 3.8) is 0 Å². The van der Waals surface area contributed by atoms with Crippen LogP contribution in [0.1, 0.15) is 55.6 Å². The van der Waals surface area contributed by atoms with Gasteiger partial charge in [-0.25, -0.2) is 9.78 Å². The van der Waals surface area contributed by atoms with Crippen molar-refractivity contribution in [2.24, 2.45) is 11.8 Å². The SMILES string of the molecule is CN(C(=O)O[C@H]1CC[C@H](C(F)(F)F)CC1)[C@H]1CN(C(=O)C2CCN(c3ccc(C#N)cn3)CC2)C[C@@H]1c1ccc(Cl)cc1. The van der Waals surface area contributed by atoms with Crippen LogP contribution >= 0.6 is 11.6 Å². The van der Waals surface area contributed by atoms with E-state index in [1.165, 1.54) is 4.90 Å². The molecule has 2 atom stereocenters. The van der Waals surface area contributed by atoms with Crippen molar-refractivity contribution in [3.8, 4) is 6.07 Å². The number of likely N-dealkylation sites (N-methyl/N-ethyl adjacent to an activating group) is 1. The van der Waals surface area contributed by atoms with Gasteiger partial charge in [0, 0.05) is 56.3 Å². The van der Waals surface area contributed by atoms with Gasteiger partial charge < -0.3 is 19.4 Å². The number of carbonyl (C=O) groups is 2. The van der Waals surface area contributed by atoms with E-state index in [0.29, 0.717) is 49.6 Å². The lowest BCUT2D eigenvalue weighted by Gasteiger charge is -2.34. The minimum atomic E-state index is -4.23. The van der Waals surface area contributed by atoms with Gasteiger partial charge in [-0.2, -0.15) is 18.4 Å². The van der Waals surface area contributed by atoms with Crippen molar-refractivity contribution in [1.82, 2.24) is 14.8 Å². The molecule has 0 unspecified atom stereocenters. The summed E-state index contributed by atoms with van der Waals surface area (Å²) in [7, 11) is 1.63. The number of amides is 2. The summed E-state index contributed by atoms with van der Waals surface area (Å²) in [6, 6.07) is 12.6. The molecule has 0 spiro atoms. The van der Waals surface area contributed by atoms with Crippen LogP contribution in [0.2, 0.25) is 5.02 Å². The molecule has 2 saturated heterocycles. The Hall–Kier alpha value is -3.52. The molecule has 3 aliphatic rings. The Bertz CT molecular complexity index is 1320. The van der Waals surface area contributed by atoms with Gasteiger partial charge in [-0.15, -0.1) is 0 Å². The third kappa shape index (κ3) is 7.18. The first-order valence-electron chi connectivity index (χ1n) is 14.7. The third-order valence-corrected chi connectivity index (χ3v) is 9.39. The predicted octanol–water partition coefficient (Wildman–Crippen LogP) is 6.01. The number of benzene rings is 1. The highest BCUT2D eigenvalue weighted by Gasteiger charge is 2.44.